The van der Waals surface area contributed by atoms with Crippen molar-refractivity contribution in [1.29, 1.82) is 0 Å². The number of ether oxygens (including phenoxy) is 2. The van der Waals surface area contributed by atoms with E-state index in [1.54, 1.807) is 6.92 Å². The lowest BCUT2D eigenvalue weighted by molar-refractivity contribution is -0.557. The Morgan fingerprint density at radius 3 is 2.47 bits per heavy atom. The third-order valence-corrected chi connectivity index (χ3v) is 8.19. The van der Waals surface area contributed by atoms with E-state index in [1.165, 1.54) is 0 Å². The molecular weight excluding hydrogens is 429 g/mol. The van der Waals surface area contributed by atoms with Crippen LogP contribution in [0.5, 0.6) is 0 Å². The van der Waals surface area contributed by atoms with E-state index >= 15 is 0 Å². The number of β-amino-alcohol motifs (C(OH)–C–C–N with tert-alkyl or cyclic N) is 1. The molecule has 1 saturated carbocycles. The summed E-state index contributed by atoms with van der Waals surface area (Å²) in [7, 11) is 0. The number of nitrogens with zero attached hydrogens (tertiary/aromatic N) is 2. The third kappa shape index (κ3) is 3.67. The van der Waals surface area contributed by atoms with E-state index in [9.17, 15) is 13.2 Å². The lowest BCUT2D eigenvalue weighted by atomic mass is 9.59. The zero-order valence-electron chi connectivity index (χ0n) is 18.7. The number of fused-ring (bicyclic) bond motifs is 2. The number of hydrogen-bond acceptors (Lipinski definition) is 7. The maximum atomic E-state index is 14.2. The van der Waals surface area contributed by atoms with E-state index in [1.807, 2.05) is 4.90 Å². The summed E-state index contributed by atoms with van der Waals surface area (Å²) in [4.78, 5) is 15.9. The molecule has 5 fully saturated rings. The highest BCUT2D eigenvalue weighted by Gasteiger charge is 2.70. The van der Waals surface area contributed by atoms with Crippen molar-refractivity contribution in [2.75, 3.05) is 45.9 Å². The van der Waals surface area contributed by atoms with Crippen LogP contribution in [-0.2, 0) is 19.2 Å². The largest absolute Gasteiger partial charge is 0.456 e. The highest BCUT2D eigenvalue weighted by Crippen LogP contribution is 2.61. The van der Waals surface area contributed by atoms with Gasteiger partial charge in [0, 0.05) is 57.5 Å². The van der Waals surface area contributed by atoms with E-state index in [2.05, 4.69) is 11.8 Å². The first kappa shape index (κ1) is 22.9. The van der Waals surface area contributed by atoms with Crippen LogP contribution in [0.15, 0.2) is 11.3 Å². The molecule has 6 aliphatic rings. The molecular formula is C22H33F3N2O5. The number of halogens is 3. The fraction of sp³-hybridized carbons (Fsp3) is 0.909. The summed E-state index contributed by atoms with van der Waals surface area (Å²) in [5, 5.41) is 9.16. The summed E-state index contributed by atoms with van der Waals surface area (Å²) >= 11 is 0. The molecule has 6 atom stereocenters. The van der Waals surface area contributed by atoms with Crippen LogP contribution in [0.4, 0.5) is 13.2 Å². The third-order valence-electron chi connectivity index (χ3n) is 8.19. The number of allylic oxidation sites excluding steroid dienone is 1. The molecule has 7 nitrogen and oxygen atoms in total. The predicted molar refractivity (Wildman–Crippen MR) is 107 cm³/mol. The Hall–Kier alpha value is -0.910. The van der Waals surface area contributed by atoms with Gasteiger partial charge in [0.1, 0.15) is 0 Å². The molecule has 0 radical (unpaired) electrons. The monoisotopic (exact) mass is 462 g/mol. The molecule has 2 bridgehead atoms. The van der Waals surface area contributed by atoms with E-state index < -0.39 is 35.5 Å². The molecule has 1 N–H and O–H groups in total. The maximum Gasteiger partial charge on any atom is 0.449 e. The van der Waals surface area contributed by atoms with Gasteiger partial charge in [-0.15, -0.1) is 0 Å². The Kier molecular flexibility index (Phi) is 5.78. The van der Waals surface area contributed by atoms with Crippen LogP contribution >= 0.6 is 0 Å². The second-order valence-electron chi connectivity index (χ2n) is 10.2. The summed E-state index contributed by atoms with van der Waals surface area (Å²) < 4.78 is 54.4. The van der Waals surface area contributed by atoms with Crippen molar-refractivity contribution in [3.05, 3.63) is 11.3 Å². The predicted octanol–water partition coefficient (Wildman–Crippen LogP) is 2.66. The first-order valence-electron chi connectivity index (χ1n) is 11.7. The second-order valence-corrected chi connectivity index (χ2v) is 10.2. The molecule has 6 rings (SSSR count). The molecule has 32 heavy (non-hydrogen) atoms. The molecule has 0 amide bonds. The molecule has 10 heteroatoms. The van der Waals surface area contributed by atoms with Gasteiger partial charge in [0.05, 0.1) is 6.61 Å². The standard InChI is InChI=1S/C22H33F3N2O5/c1-14-3-4-17-15(13-27-9-7-26(8-10-27)11-12-28)18(22(23,24)25)29-19-21(17)16(14)5-6-20(2,30-19)31-32-21/h14,16-17,19,28H,3-13H2,1-2H3. The highest BCUT2D eigenvalue weighted by molar-refractivity contribution is 5.29. The van der Waals surface area contributed by atoms with Gasteiger partial charge in [-0.3, -0.25) is 9.80 Å². The van der Waals surface area contributed by atoms with Gasteiger partial charge < -0.3 is 14.6 Å². The van der Waals surface area contributed by atoms with Crippen LogP contribution in [0.25, 0.3) is 0 Å². The van der Waals surface area contributed by atoms with Crippen LogP contribution in [0.3, 0.4) is 0 Å². The topological polar surface area (TPSA) is 63.6 Å². The van der Waals surface area contributed by atoms with E-state index in [0.717, 1.165) is 25.9 Å². The number of hydrogen-bond donors (Lipinski definition) is 1. The molecule has 0 aromatic heterocycles. The molecule has 5 aliphatic heterocycles. The van der Waals surface area contributed by atoms with Crippen LogP contribution in [-0.4, -0.2) is 84.6 Å². The number of rotatable bonds is 4. The van der Waals surface area contributed by atoms with Crippen molar-refractivity contribution >= 4 is 0 Å². The van der Waals surface area contributed by atoms with Gasteiger partial charge >= 0.3 is 6.18 Å². The zero-order chi connectivity index (χ0) is 22.7. The van der Waals surface area contributed by atoms with Crippen molar-refractivity contribution in [1.82, 2.24) is 9.80 Å². The smallest absolute Gasteiger partial charge is 0.449 e. The van der Waals surface area contributed by atoms with Gasteiger partial charge in [-0.1, -0.05) is 6.92 Å². The summed E-state index contributed by atoms with van der Waals surface area (Å²) in [6.07, 6.45) is -3.00. The van der Waals surface area contributed by atoms with Gasteiger partial charge in [0.25, 0.3) is 0 Å². The Balaban J connectivity index is 1.50. The Labute approximate surface area is 186 Å². The van der Waals surface area contributed by atoms with Crippen LogP contribution in [0, 0.1) is 17.8 Å². The van der Waals surface area contributed by atoms with Crippen molar-refractivity contribution in [3.63, 3.8) is 0 Å². The van der Waals surface area contributed by atoms with E-state index in [0.29, 0.717) is 32.5 Å². The zero-order valence-corrected chi connectivity index (χ0v) is 18.7. The molecule has 0 aromatic rings. The first-order valence-corrected chi connectivity index (χ1v) is 11.7. The van der Waals surface area contributed by atoms with E-state index in [-0.39, 0.29) is 30.6 Å². The van der Waals surface area contributed by atoms with Gasteiger partial charge in [0.15, 0.2) is 5.60 Å². The first-order chi connectivity index (χ1) is 15.2. The van der Waals surface area contributed by atoms with Gasteiger partial charge in [-0.05, 0) is 37.7 Å². The Morgan fingerprint density at radius 2 is 1.78 bits per heavy atom. The maximum absolute atomic E-state index is 14.2. The van der Waals surface area contributed by atoms with Crippen molar-refractivity contribution in [3.8, 4) is 0 Å². The summed E-state index contributed by atoms with van der Waals surface area (Å²) in [5.41, 5.74) is -0.796. The number of aliphatic hydroxyl groups excluding tert-OH is 1. The molecule has 0 aromatic carbocycles. The average Bonchev–Trinajstić information content (AvgIpc) is 2.97. The molecule has 6 unspecified atom stereocenters. The van der Waals surface area contributed by atoms with Crippen molar-refractivity contribution in [2.24, 2.45) is 17.8 Å². The van der Waals surface area contributed by atoms with E-state index in [4.69, 9.17) is 24.4 Å². The quantitative estimate of drug-likeness (QED) is 0.645. The van der Waals surface area contributed by atoms with Crippen LogP contribution in [0.1, 0.15) is 39.5 Å². The SMILES string of the molecule is CC1CCC2C(CN3CCN(CCO)CC3)=C(C(F)(F)F)OC3OC4(C)CCC1C32OO4. The minimum absolute atomic E-state index is 0.00163. The van der Waals surface area contributed by atoms with Gasteiger partial charge in [0.2, 0.25) is 17.8 Å². The van der Waals surface area contributed by atoms with Gasteiger partial charge in [-0.25, -0.2) is 9.78 Å². The number of alkyl halides is 3. The molecule has 1 aliphatic carbocycles. The fourth-order valence-corrected chi connectivity index (χ4v) is 6.47. The lowest BCUT2D eigenvalue weighted by Gasteiger charge is -2.57. The molecule has 4 saturated heterocycles. The summed E-state index contributed by atoms with van der Waals surface area (Å²) in [6.45, 7) is 7.42. The van der Waals surface area contributed by atoms with Crippen molar-refractivity contribution < 1.29 is 37.5 Å². The minimum atomic E-state index is -4.61. The van der Waals surface area contributed by atoms with Gasteiger partial charge in [-0.2, -0.15) is 13.2 Å². The minimum Gasteiger partial charge on any atom is -0.456 e. The molecule has 182 valence electrons. The molecule has 1 spiro atoms. The van der Waals surface area contributed by atoms with Crippen LogP contribution in [0.2, 0.25) is 0 Å². The average molecular weight is 463 g/mol. The van der Waals surface area contributed by atoms with Crippen LogP contribution < -0.4 is 0 Å². The summed E-state index contributed by atoms with van der Waals surface area (Å²) in [5.74, 6) is -2.21. The second kappa shape index (κ2) is 8.09. The number of piperazine rings is 1. The normalized spacial score (nSPS) is 43.1. The Bertz CT molecular complexity index is 756. The lowest BCUT2D eigenvalue weighted by Crippen LogP contribution is -2.68. The summed E-state index contributed by atoms with van der Waals surface area (Å²) in [6, 6.07) is 0. The van der Waals surface area contributed by atoms with Crippen molar-refractivity contribution in [2.45, 2.75) is 63.4 Å². The Morgan fingerprint density at radius 1 is 1.06 bits per heavy atom. The highest BCUT2D eigenvalue weighted by atomic mass is 19.4. The molecule has 5 heterocycles. The number of aliphatic hydroxyl groups is 1. The fourth-order valence-electron chi connectivity index (χ4n) is 6.47.